The number of hydrogen-bond donors (Lipinski definition) is 2. The second kappa shape index (κ2) is 5.87. The maximum atomic E-state index is 9.19. The molecule has 0 saturated carbocycles. The summed E-state index contributed by atoms with van der Waals surface area (Å²) in [6.45, 7) is -0.0929. The number of rotatable bonds is 3. The summed E-state index contributed by atoms with van der Waals surface area (Å²) in [7, 11) is 1.61. The van der Waals surface area contributed by atoms with Gasteiger partial charge in [-0.1, -0.05) is 30.3 Å². The second-order valence-electron chi connectivity index (χ2n) is 3.69. The van der Waals surface area contributed by atoms with Gasteiger partial charge in [-0.15, -0.1) is 12.4 Å². The first-order valence-corrected chi connectivity index (χ1v) is 5.20. The molecule has 17 heavy (non-hydrogen) atoms. The summed E-state index contributed by atoms with van der Waals surface area (Å²) < 4.78 is 5.29. The minimum atomic E-state index is -0.416. The van der Waals surface area contributed by atoms with E-state index in [1.165, 1.54) is 0 Å². The first kappa shape index (κ1) is 13.8. The molecule has 2 rings (SSSR count). The highest BCUT2D eigenvalue weighted by molar-refractivity contribution is 5.88. The molecule has 0 saturated heterocycles. The molecular weight excluding hydrogens is 238 g/mol. The van der Waals surface area contributed by atoms with E-state index < -0.39 is 6.04 Å². The third kappa shape index (κ3) is 2.52. The molecule has 0 aliphatic rings. The highest BCUT2D eigenvalue weighted by Gasteiger charge is 2.14. The van der Waals surface area contributed by atoms with Crippen molar-refractivity contribution in [3.8, 4) is 5.75 Å². The molecule has 0 bridgehead atoms. The van der Waals surface area contributed by atoms with Crippen LogP contribution >= 0.6 is 12.4 Å². The summed E-state index contributed by atoms with van der Waals surface area (Å²) in [5, 5.41) is 11.3. The summed E-state index contributed by atoms with van der Waals surface area (Å²) in [6, 6.07) is 11.4. The van der Waals surface area contributed by atoms with Gasteiger partial charge in [-0.3, -0.25) is 0 Å². The Hall–Kier alpha value is -1.29. The van der Waals surface area contributed by atoms with Crippen molar-refractivity contribution < 1.29 is 9.84 Å². The van der Waals surface area contributed by atoms with Crippen LogP contribution < -0.4 is 10.5 Å². The Morgan fingerprint density at radius 2 is 1.94 bits per heavy atom. The number of fused-ring (bicyclic) bond motifs is 1. The zero-order valence-corrected chi connectivity index (χ0v) is 10.4. The van der Waals surface area contributed by atoms with Crippen molar-refractivity contribution in [2.45, 2.75) is 6.04 Å². The molecule has 0 radical (unpaired) electrons. The molecule has 3 N–H and O–H groups in total. The monoisotopic (exact) mass is 253 g/mol. The first-order chi connectivity index (χ1) is 7.77. The Labute approximate surface area is 107 Å². The smallest absolute Gasteiger partial charge is 0.124 e. The minimum Gasteiger partial charge on any atom is -0.496 e. The van der Waals surface area contributed by atoms with Crippen molar-refractivity contribution >= 4 is 23.2 Å². The van der Waals surface area contributed by atoms with Crippen molar-refractivity contribution in [2.75, 3.05) is 13.7 Å². The first-order valence-electron chi connectivity index (χ1n) is 5.20. The Morgan fingerprint density at radius 1 is 1.24 bits per heavy atom. The van der Waals surface area contributed by atoms with Crippen LogP contribution in [0.3, 0.4) is 0 Å². The third-order valence-corrected chi connectivity index (χ3v) is 2.72. The normalized spacial score (nSPS) is 11.9. The lowest BCUT2D eigenvalue weighted by molar-refractivity contribution is 0.265. The van der Waals surface area contributed by atoms with E-state index in [1.54, 1.807) is 7.11 Å². The SMILES string of the molecule is COc1ccc2ccccc2c1[C@H](N)CO.Cl. The van der Waals surface area contributed by atoms with Crippen molar-refractivity contribution in [2.24, 2.45) is 5.73 Å². The predicted molar refractivity (Wildman–Crippen MR) is 71.8 cm³/mol. The van der Waals surface area contributed by atoms with E-state index in [9.17, 15) is 5.11 Å². The number of ether oxygens (including phenoxy) is 1. The molecule has 0 aliphatic carbocycles. The Kier molecular flexibility index (Phi) is 4.75. The molecule has 92 valence electrons. The Balaban J connectivity index is 0.00000144. The fraction of sp³-hybridized carbons (Fsp3) is 0.231. The van der Waals surface area contributed by atoms with Crippen LogP contribution in [0.5, 0.6) is 5.75 Å². The van der Waals surface area contributed by atoms with Gasteiger partial charge in [-0.2, -0.15) is 0 Å². The lowest BCUT2D eigenvalue weighted by Gasteiger charge is -2.16. The molecule has 0 spiro atoms. The standard InChI is InChI=1S/C13H15NO2.ClH/c1-16-12-7-6-9-4-2-3-5-10(9)13(12)11(14)8-15;/h2-7,11,15H,8,14H2,1H3;1H/t11-;/m1./s1. The van der Waals surface area contributed by atoms with Crippen LogP contribution in [0.25, 0.3) is 10.8 Å². The number of aliphatic hydroxyl groups is 1. The van der Waals surface area contributed by atoms with Gasteiger partial charge in [0.1, 0.15) is 5.75 Å². The average molecular weight is 254 g/mol. The maximum absolute atomic E-state index is 9.19. The lowest BCUT2D eigenvalue weighted by Crippen LogP contribution is -2.16. The van der Waals surface area contributed by atoms with Crippen molar-refractivity contribution in [3.05, 3.63) is 42.0 Å². The highest BCUT2D eigenvalue weighted by Crippen LogP contribution is 2.31. The van der Waals surface area contributed by atoms with Crippen LogP contribution in [0, 0.1) is 0 Å². The van der Waals surface area contributed by atoms with E-state index >= 15 is 0 Å². The van der Waals surface area contributed by atoms with Gasteiger partial charge in [0.05, 0.1) is 19.8 Å². The van der Waals surface area contributed by atoms with E-state index in [2.05, 4.69) is 0 Å². The van der Waals surface area contributed by atoms with Gasteiger partial charge < -0.3 is 15.6 Å². The van der Waals surface area contributed by atoms with E-state index in [0.29, 0.717) is 0 Å². The average Bonchev–Trinajstić information content (AvgIpc) is 2.36. The fourth-order valence-electron chi connectivity index (χ4n) is 1.93. The summed E-state index contributed by atoms with van der Waals surface area (Å²) >= 11 is 0. The number of halogens is 1. The topological polar surface area (TPSA) is 55.5 Å². The summed E-state index contributed by atoms with van der Waals surface area (Å²) in [5.41, 5.74) is 6.77. The summed E-state index contributed by atoms with van der Waals surface area (Å²) in [4.78, 5) is 0. The zero-order valence-electron chi connectivity index (χ0n) is 9.59. The van der Waals surface area contributed by atoms with Crippen molar-refractivity contribution in [1.82, 2.24) is 0 Å². The van der Waals surface area contributed by atoms with Gasteiger partial charge in [-0.05, 0) is 16.8 Å². The Morgan fingerprint density at radius 3 is 2.59 bits per heavy atom. The molecule has 0 aromatic heterocycles. The Bertz CT molecular complexity index is 502. The van der Waals surface area contributed by atoms with Gasteiger partial charge >= 0.3 is 0 Å². The molecule has 3 nitrogen and oxygen atoms in total. The molecular formula is C13H16ClNO2. The molecule has 2 aromatic rings. The molecule has 0 amide bonds. The van der Waals surface area contributed by atoms with Crippen LogP contribution in [0.4, 0.5) is 0 Å². The molecule has 0 heterocycles. The summed E-state index contributed by atoms with van der Waals surface area (Å²) in [5.74, 6) is 0.722. The van der Waals surface area contributed by atoms with E-state index in [4.69, 9.17) is 10.5 Å². The molecule has 2 aromatic carbocycles. The van der Waals surface area contributed by atoms with Crippen molar-refractivity contribution in [1.29, 1.82) is 0 Å². The fourth-order valence-corrected chi connectivity index (χ4v) is 1.93. The second-order valence-corrected chi connectivity index (χ2v) is 3.69. The van der Waals surface area contributed by atoms with Gasteiger partial charge in [0.25, 0.3) is 0 Å². The quantitative estimate of drug-likeness (QED) is 0.882. The molecule has 0 fully saturated rings. The van der Waals surface area contributed by atoms with Gasteiger partial charge in [0.2, 0.25) is 0 Å². The number of methoxy groups -OCH3 is 1. The van der Waals surface area contributed by atoms with E-state index in [1.807, 2.05) is 36.4 Å². The summed E-state index contributed by atoms with van der Waals surface area (Å²) in [6.07, 6.45) is 0. The van der Waals surface area contributed by atoms with E-state index in [0.717, 1.165) is 22.1 Å². The zero-order chi connectivity index (χ0) is 11.5. The van der Waals surface area contributed by atoms with Crippen LogP contribution in [-0.4, -0.2) is 18.8 Å². The van der Waals surface area contributed by atoms with Gasteiger partial charge in [-0.25, -0.2) is 0 Å². The molecule has 0 aliphatic heterocycles. The number of aliphatic hydroxyl groups excluding tert-OH is 1. The molecule has 1 atom stereocenters. The van der Waals surface area contributed by atoms with Crippen LogP contribution in [0.1, 0.15) is 11.6 Å². The highest BCUT2D eigenvalue weighted by atomic mass is 35.5. The molecule has 4 heteroatoms. The number of nitrogens with two attached hydrogens (primary N) is 1. The van der Waals surface area contributed by atoms with Gasteiger partial charge in [0, 0.05) is 5.56 Å². The van der Waals surface area contributed by atoms with Gasteiger partial charge in [0.15, 0.2) is 0 Å². The number of hydrogen-bond acceptors (Lipinski definition) is 3. The van der Waals surface area contributed by atoms with Crippen LogP contribution in [0.2, 0.25) is 0 Å². The lowest BCUT2D eigenvalue weighted by atomic mass is 9.98. The maximum Gasteiger partial charge on any atom is 0.124 e. The predicted octanol–water partition coefficient (Wildman–Crippen LogP) is 2.26. The van der Waals surface area contributed by atoms with Crippen LogP contribution in [-0.2, 0) is 0 Å². The van der Waals surface area contributed by atoms with Crippen LogP contribution in [0.15, 0.2) is 36.4 Å². The largest absolute Gasteiger partial charge is 0.496 e. The minimum absolute atomic E-state index is 0. The van der Waals surface area contributed by atoms with E-state index in [-0.39, 0.29) is 19.0 Å². The number of benzene rings is 2. The third-order valence-electron chi connectivity index (χ3n) is 2.72. The molecule has 0 unspecified atom stereocenters. The van der Waals surface area contributed by atoms with Crippen molar-refractivity contribution in [3.63, 3.8) is 0 Å².